The third-order valence-electron chi connectivity index (χ3n) is 11.1. The van der Waals surface area contributed by atoms with E-state index in [1.165, 1.54) is 6.08 Å². The fraction of sp³-hybridized carbons (Fsp3) is 0.645. The van der Waals surface area contributed by atoms with E-state index in [9.17, 15) is 14.7 Å². The van der Waals surface area contributed by atoms with Gasteiger partial charge in [0.1, 0.15) is 11.6 Å². The molecule has 0 amide bonds. The van der Waals surface area contributed by atoms with E-state index in [1.54, 1.807) is 6.08 Å². The number of allylic oxidation sites excluding steroid dienone is 3. The number of aliphatic hydroxyl groups is 1. The Morgan fingerprint density at radius 3 is 2.62 bits per heavy atom. The summed E-state index contributed by atoms with van der Waals surface area (Å²) in [7, 11) is 0. The Morgan fingerprint density at radius 2 is 1.89 bits per heavy atom. The molecule has 0 bridgehead atoms. The number of piperazine rings is 1. The van der Waals surface area contributed by atoms with E-state index in [1.807, 2.05) is 18.3 Å². The Bertz CT molecular complexity index is 1140. The van der Waals surface area contributed by atoms with Crippen molar-refractivity contribution in [1.82, 2.24) is 9.88 Å². The molecule has 0 radical (unpaired) electrons. The third-order valence-corrected chi connectivity index (χ3v) is 11.1. The molecule has 6 heteroatoms. The van der Waals surface area contributed by atoms with E-state index < -0.39 is 5.41 Å². The highest BCUT2D eigenvalue weighted by Crippen LogP contribution is 2.67. The van der Waals surface area contributed by atoms with Gasteiger partial charge in [-0.3, -0.25) is 14.5 Å². The van der Waals surface area contributed by atoms with Crippen molar-refractivity contribution in [3.8, 4) is 0 Å². The molecule has 1 saturated heterocycles. The molecule has 6 rings (SSSR count). The van der Waals surface area contributed by atoms with Gasteiger partial charge in [0.25, 0.3) is 0 Å². The molecule has 4 fully saturated rings. The summed E-state index contributed by atoms with van der Waals surface area (Å²) in [5.41, 5.74) is 0.719. The highest BCUT2D eigenvalue weighted by Gasteiger charge is 2.62. The molecular weight excluding hydrogens is 462 g/mol. The molecule has 198 valence electrons. The second-order valence-electron chi connectivity index (χ2n) is 12.9. The molecular formula is C31H41N3O3. The Hall–Kier alpha value is -2.47. The molecule has 7 atom stereocenters. The maximum absolute atomic E-state index is 13.9. The van der Waals surface area contributed by atoms with Crippen LogP contribution >= 0.6 is 0 Å². The first-order valence-electron chi connectivity index (χ1n) is 14.3. The highest BCUT2D eigenvalue weighted by molar-refractivity contribution is 6.01. The monoisotopic (exact) mass is 503 g/mol. The number of hydrogen-bond donors (Lipinski definition) is 1. The zero-order valence-electron chi connectivity index (χ0n) is 22.5. The summed E-state index contributed by atoms with van der Waals surface area (Å²) in [6, 6.07) is 6.03. The normalized spacial score (nSPS) is 39.8. The lowest BCUT2D eigenvalue weighted by Crippen LogP contribution is -2.53. The van der Waals surface area contributed by atoms with Crippen LogP contribution in [0.2, 0.25) is 0 Å². The van der Waals surface area contributed by atoms with Gasteiger partial charge >= 0.3 is 0 Å². The molecule has 1 aromatic rings. The van der Waals surface area contributed by atoms with Crippen LogP contribution in [0, 0.1) is 40.4 Å². The zero-order chi connectivity index (χ0) is 25.9. The van der Waals surface area contributed by atoms with Gasteiger partial charge in [0.15, 0.2) is 11.6 Å². The number of fused-ring (bicyclic) bond motifs is 5. The lowest BCUT2D eigenvalue weighted by molar-refractivity contribution is -0.132. The molecule has 0 spiro atoms. The molecule has 2 heterocycles. The predicted octanol–water partition coefficient (Wildman–Crippen LogP) is 4.83. The number of anilines is 1. The predicted molar refractivity (Wildman–Crippen MR) is 144 cm³/mol. The lowest BCUT2D eigenvalue weighted by atomic mass is 9.47. The van der Waals surface area contributed by atoms with Gasteiger partial charge in [-0.2, -0.15) is 0 Å². The molecule has 1 N–H and O–H groups in total. The van der Waals surface area contributed by atoms with Crippen LogP contribution in [0.5, 0.6) is 0 Å². The molecule has 37 heavy (non-hydrogen) atoms. The maximum atomic E-state index is 13.9. The van der Waals surface area contributed by atoms with Crippen molar-refractivity contribution >= 4 is 17.4 Å². The van der Waals surface area contributed by atoms with E-state index in [0.717, 1.165) is 69.7 Å². The maximum Gasteiger partial charge on any atom is 0.181 e. The molecule has 6 nitrogen and oxygen atoms in total. The second-order valence-corrected chi connectivity index (χ2v) is 12.9. The van der Waals surface area contributed by atoms with Crippen molar-refractivity contribution in [1.29, 1.82) is 0 Å². The molecule has 1 aliphatic heterocycles. The van der Waals surface area contributed by atoms with E-state index in [4.69, 9.17) is 0 Å². The number of carbonyl (C=O) groups excluding carboxylic acids is 2. The van der Waals surface area contributed by atoms with Crippen LogP contribution in [0.25, 0.3) is 0 Å². The average Bonchev–Trinajstić information content (AvgIpc) is 3.16. The summed E-state index contributed by atoms with van der Waals surface area (Å²) >= 11 is 0. The molecule has 4 aliphatic carbocycles. The third kappa shape index (κ3) is 3.89. The van der Waals surface area contributed by atoms with Gasteiger partial charge in [-0.05, 0) is 86.3 Å². The minimum atomic E-state index is -0.420. The van der Waals surface area contributed by atoms with Gasteiger partial charge < -0.3 is 10.0 Å². The van der Waals surface area contributed by atoms with Crippen LogP contribution in [0.1, 0.15) is 52.9 Å². The first-order valence-corrected chi connectivity index (χ1v) is 14.3. The van der Waals surface area contributed by atoms with Crippen LogP contribution in [-0.4, -0.2) is 59.3 Å². The van der Waals surface area contributed by atoms with Crippen LogP contribution in [-0.2, 0) is 9.59 Å². The Labute approximate surface area is 220 Å². The van der Waals surface area contributed by atoms with Crippen molar-refractivity contribution in [3.63, 3.8) is 0 Å². The van der Waals surface area contributed by atoms with E-state index in [0.29, 0.717) is 36.0 Å². The standard InChI is InChI=1S/C31H41N3O3/c1-20-16-25-23-8-7-21-17-22(35)18-27(37)31(21,3)24(23)9-10-30(25,2)29(20)26(36)19-33-12-14-34(15-13-33)28-6-4-5-11-32-28/h4-6,11,17-18,20,23-25,29,37H,7-10,12-16,19H2,1-3H3/t20-,23-,24+,25+,29-,30+,31+/m1/s1. The smallest absolute Gasteiger partial charge is 0.181 e. The van der Waals surface area contributed by atoms with Crippen molar-refractivity contribution in [2.75, 3.05) is 37.6 Å². The largest absolute Gasteiger partial charge is 0.511 e. The van der Waals surface area contributed by atoms with Gasteiger partial charge in [-0.25, -0.2) is 4.98 Å². The van der Waals surface area contributed by atoms with Crippen molar-refractivity contribution < 1.29 is 14.7 Å². The summed E-state index contributed by atoms with van der Waals surface area (Å²) in [4.78, 5) is 35.2. The van der Waals surface area contributed by atoms with E-state index in [2.05, 4.69) is 41.6 Å². The molecule has 0 aromatic carbocycles. The molecule has 5 aliphatic rings. The quantitative estimate of drug-likeness (QED) is 0.635. The van der Waals surface area contributed by atoms with E-state index in [-0.39, 0.29) is 22.9 Å². The average molecular weight is 504 g/mol. The summed E-state index contributed by atoms with van der Waals surface area (Å²) in [6.07, 6.45) is 10.1. The number of ketones is 2. The van der Waals surface area contributed by atoms with Gasteiger partial charge in [-0.1, -0.05) is 25.5 Å². The number of aliphatic hydroxyl groups excluding tert-OH is 1. The van der Waals surface area contributed by atoms with Crippen LogP contribution in [0.15, 0.2) is 47.9 Å². The van der Waals surface area contributed by atoms with Crippen molar-refractivity contribution in [3.05, 3.63) is 47.9 Å². The fourth-order valence-electron chi connectivity index (χ4n) is 9.35. The SMILES string of the molecule is C[C@@H]1C[C@H]2[C@@H]3CCC4=CC(=O)C=C(O)[C@]4(C)[C@H]3CC[C@]2(C)[C@H]1C(=O)CN1CCN(c2ccccn2)CC1. The Kier molecular flexibility index (Phi) is 6.09. The number of nitrogens with zero attached hydrogens (tertiary/aromatic N) is 3. The van der Waals surface area contributed by atoms with E-state index >= 15 is 0 Å². The Morgan fingerprint density at radius 1 is 1.11 bits per heavy atom. The number of rotatable bonds is 4. The molecule has 1 aromatic heterocycles. The molecule has 3 saturated carbocycles. The van der Waals surface area contributed by atoms with Crippen LogP contribution < -0.4 is 4.90 Å². The number of carbonyl (C=O) groups is 2. The summed E-state index contributed by atoms with van der Waals surface area (Å²) in [5, 5.41) is 11.0. The van der Waals surface area contributed by atoms with Crippen LogP contribution in [0.3, 0.4) is 0 Å². The van der Waals surface area contributed by atoms with Gasteiger partial charge in [0.2, 0.25) is 0 Å². The summed E-state index contributed by atoms with van der Waals surface area (Å²) < 4.78 is 0. The summed E-state index contributed by atoms with van der Waals surface area (Å²) in [5.74, 6) is 3.46. The van der Waals surface area contributed by atoms with Crippen molar-refractivity contribution in [2.24, 2.45) is 40.4 Å². The van der Waals surface area contributed by atoms with Gasteiger partial charge in [-0.15, -0.1) is 0 Å². The zero-order valence-corrected chi connectivity index (χ0v) is 22.5. The highest BCUT2D eigenvalue weighted by atomic mass is 16.3. The number of pyridine rings is 1. The molecule has 0 unspecified atom stereocenters. The number of Topliss-reactive ketones (excluding diaryl/α,β-unsaturated/α-hetero) is 1. The van der Waals surface area contributed by atoms with Gasteiger partial charge in [0, 0.05) is 49.8 Å². The lowest BCUT2D eigenvalue weighted by Gasteiger charge is -2.57. The minimum Gasteiger partial charge on any atom is -0.511 e. The first kappa shape index (κ1) is 24.8. The second kappa shape index (κ2) is 9.07. The topological polar surface area (TPSA) is 73.7 Å². The Balaban J connectivity index is 1.15. The van der Waals surface area contributed by atoms with Gasteiger partial charge in [0.05, 0.1) is 6.54 Å². The summed E-state index contributed by atoms with van der Waals surface area (Å²) in [6.45, 7) is 11.0. The number of aromatic nitrogens is 1. The van der Waals surface area contributed by atoms with Crippen LogP contribution in [0.4, 0.5) is 5.82 Å². The fourth-order valence-corrected chi connectivity index (χ4v) is 9.35. The first-order chi connectivity index (χ1) is 17.7. The minimum absolute atomic E-state index is 0.0227. The van der Waals surface area contributed by atoms with Crippen molar-refractivity contribution in [2.45, 2.75) is 52.9 Å². The number of hydrogen-bond acceptors (Lipinski definition) is 6.